The van der Waals surface area contributed by atoms with Gasteiger partial charge < -0.3 is 20.1 Å². The van der Waals surface area contributed by atoms with Gasteiger partial charge in [-0.05, 0) is 62.1 Å². The number of rotatable bonds is 5. The molecule has 1 aliphatic heterocycles. The molecule has 0 bridgehead atoms. The van der Waals surface area contributed by atoms with E-state index in [0.717, 1.165) is 0 Å². The summed E-state index contributed by atoms with van der Waals surface area (Å²) in [5, 5.41) is 7.71. The van der Waals surface area contributed by atoms with Crippen LogP contribution >= 0.6 is 0 Å². The van der Waals surface area contributed by atoms with Crippen LogP contribution in [0.25, 0.3) is 0 Å². The van der Waals surface area contributed by atoms with Crippen LogP contribution in [0.15, 0.2) is 48.5 Å². The Bertz CT molecular complexity index is 1060. The van der Waals surface area contributed by atoms with Crippen LogP contribution < -0.4 is 25.4 Å². The van der Waals surface area contributed by atoms with Crippen molar-refractivity contribution in [3.8, 4) is 11.5 Å². The number of amides is 4. The van der Waals surface area contributed by atoms with Gasteiger partial charge in [-0.1, -0.05) is 12.1 Å². The summed E-state index contributed by atoms with van der Waals surface area (Å²) in [6, 6.07) is 12.9. The van der Waals surface area contributed by atoms with Gasteiger partial charge in [-0.25, -0.2) is 4.79 Å². The number of anilines is 1. The summed E-state index contributed by atoms with van der Waals surface area (Å²) in [5.41, 5.74) is 0.0471. The lowest BCUT2D eigenvalue weighted by atomic mass is 9.76. The molecule has 9 heteroatoms. The molecule has 0 unspecified atom stereocenters. The summed E-state index contributed by atoms with van der Waals surface area (Å²) in [4.78, 5) is 48.5. The highest BCUT2D eigenvalue weighted by Gasteiger charge is 2.49. The van der Waals surface area contributed by atoms with Gasteiger partial charge in [0.05, 0.1) is 18.6 Å². The Morgan fingerprint density at radius 1 is 1.03 bits per heavy atom. The fourth-order valence-electron chi connectivity index (χ4n) is 4.06. The molecule has 0 atom stereocenters. The van der Waals surface area contributed by atoms with Crippen LogP contribution in [0.2, 0.25) is 0 Å². The van der Waals surface area contributed by atoms with Crippen LogP contribution in [0.5, 0.6) is 11.5 Å². The number of methoxy groups -OCH3 is 1. The molecule has 1 saturated carbocycles. The van der Waals surface area contributed by atoms with Crippen molar-refractivity contribution >= 4 is 29.5 Å². The maximum atomic E-state index is 12.5. The zero-order chi connectivity index (χ0) is 22.7. The fourth-order valence-corrected chi connectivity index (χ4v) is 4.06. The molecule has 0 radical (unpaired) electrons. The number of para-hydroxylation sites is 1. The number of benzene rings is 2. The van der Waals surface area contributed by atoms with Gasteiger partial charge >= 0.3 is 12.0 Å². The second kappa shape index (κ2) is 8.70. The van der Waals surface area contributed by atoms with Crippen molar-refractivity contribution in [2.75, 3.05) is 12.4 Å². The Labute approximate surface area is 184 Å². The van der Waals surface area contributed by atoms with Crippen molar-refractivity contribution in [1.82, 2.24) is 10.6 Å². The summed E-state index contributed by atoms with van der Waals surface area (Å²) < 4.78 is 10.7. The number of carbonyl (C=O) groups is 4. The molecule has 0 aromatic heterocycles. The van der Waals surface area contributed by atoms with E-state index in [4.69, 9.17) is 9.47 Å². The molecule has 1 saturated heterocycles. The van der Waals surface area contributed by atoms with E-state index < -0.39 is 11.6 Å². The van der Waals surface area contributed by atoms with Gasteiger partial charge in [-0.3, -0.25) is 19.7 Å². The van der Waals surface area contributed by atoms with E-state index in [1.807, 2.05) is 0 Å². The number of imide groups is 1. The third-order valence-corrected chi connectivity index (χ3v) is 5.87. The van der Waals surface area contributed by atoms with E-state index in [-0.39, 0.29) is 23.7 Å². The monoisotopic (exact) mass is 437 g/mol. The maximum Gasteiger partial charge on any atom is 0.322 e. The van der Waals surface area contributed by atoms with Gasteiger partial charge in [0, 0.05) is 5.69 Å². The number of urea groups is 1. The zero-order valence-corrected chi connectivity index (χ0v) is 17.5. The van der Waals surface area contributed by atoms with Crippen LogP contribution in [0, 0.1) is 5.92 Å². The number of nitrogens with one attached hydrogen (secondary N) is 3. The predicted molar refractivity (Wildman–Crippen MR) is 114 cm³/mol. The third kappa shape index (κ3) is 4.27. The number of hydrogen-bond donors (Lipinski definition) is 3. The smallest absolute Gasteiger partial charge is 0.322 e. The van der Waals surface area contributed by atoms with E-state index >= 15 is 0 Å². The molecule has 9 nitrogen and oxygen atoms in total. The summed E-state index contributed by atoms with van der Waals surface area (Å²) in [7, 11) is 1.50. The summed E-state index contributed by atoms with van der Waals surface area (Å²) in [6.07, 6.45) is 1.66. The second-order valence-electron chi connectivity index (χ2n) is 7.86. The number of carbonyl (C=O) groups excluding carboxylic acids is 4. The first-order valence-corrected chi connectivity index (χ1v) is 10.3. The average Bonchev–Trinajstić information content (AvgIpc) is 3.07. The topological polar surface area (TPSA) is 123 Å². The second-order valence-corrected chi connectivity index (χ2v) is 7.86. The van der Waals surface area contributed by atoms with Gasteiger partial charge in [-0.2, -0.15) is 0 Å². The lowest BCUT2D eigenvalue weighted by Gasteiger charge is -2.33. The quantitative estimate of drug-likeness (QED) is 0.375. The normalized spacial score (nSPS) is 22.1. The molecule has 166 valence electrons. The molecule has 1 heterocycles. The molecule has 2 aromatic rings. The molecule has 1 aliphatic carbocycles. The first kappa shape index (κ1) is 21.4. The van der Waals surface area contributed by atoms with Gasteiger partial charge in [0.2, 0.25) is 0 Å². The summed E-state index contributed by atoms with van der Waals surface area (Å²) in [6.45, 7) is 0. The zero-order valence-electron chi connectivity index (χ0n) is 17.5. The first-order valence-electron chi connectivity index (χ1n) is 10.3. The van der Waals surface area contributed by atoms with Crippen LogP contribution in [0.3, 0.4) is 0 Å². The molecular formula is C23H23N3O6. The van der Waals surface area contributed by atoms with Crippen LogP contribution in [-0.2, 0) is 9.59 Å². The lowest BCUT2D eigenvalue weighted by molar-refractivity contribution is -0.141. The van der Waals surface area contributed by atoms with Gasteiger partial charge in [0.25, 0.3) is 11.8 Å². The highest BCUT2D eigenvalue weighted by molar-refractivity contribution is 6.07. The molecule has 2 fully saturated rings. The Kier molecular flexibility index (Phi) is 5.81. The van der Waals surface area contributed by atoms with Crippen molar-refractivity contribution in [2.24, 2.45) is 5.92 Å². The van der Waals surface area contributed by atoms with E-state index in [1.165, 1.54) is 7.11 Å². The molecule has 4 amide bonds. The Balaban J connectivity index is 1.32. The van der Waals surface area contributed by atoms with Crippen molar-refractivity contribution in [2.45, 2.75) is 31.2 Å². The van der Waals surface area contributed by atoms with Gasteiger partial charge in [0.1, 0.15) is 17.0 Å². The minimum absolute atomic E-state index is 0.314. The van der Waals surface area contributed by atoms with Crippen LogP contribution in [0.1, 0.15) is 36.0 Å². The number of hydrogen-bond acceptors (Lipinski definition) is 6. The number of ether oxygens (including phenoxy) is 2. The molecule has 3 N–H and O–H groups in total. The van der Waals surface area contributed by atoms with Gasteiger partial charge in [0.15, 0.2) is 0 Å². The highest BCUT2D eigenvalue weighted by Crippen LogP contribution is 2.35. The lowest BCUT2D eigenvalue weighted by Crippen LogP contribution is -2.50. The highest BCUT2D eigenvalue weighted by atomic mass is 16.5. The molecule has 2 aromatic carbocycles. The summed E-state index contributed by atoms with van der Waals surface area (Å²) >= 11 is 0. The molecule has 1 spiro atoms. The maximum absolute atomic E-state index is 12.5. The minimum atomic E-state index is -0.908. The number of esters is 1. The van der Waals surface area contributed by atoms with Crippen LogP contribution in [-0.4, -0.2) is 36.5 Å². The average molecular weight is 437 g/mol. The van der Waals surface area contributed by atoms with Gasteiger partial charge in [-0.15, -0.1) is 0 Å². The predicted octanol–water partition coefficient (Wildman–Crippen LogP) is 2.62. The molecule has 4 rings (SSSR count). The standard InChI is InChI=1S/C23H23N3O6/c1-31-18-5-3-2-4-17(18)19(27)24-15-6-8-16(9-7-15)32-20(28)14-10-12-23(13-11-14)21(29)25-22(30)26-23/h2-9,14H,10-13H2,1H3,(H,24,27)(H2,25,26,29,30). The largest absolute Gasteiger partial charge is 0.496 e. The Hall–Kier alpha value is -3.88. The SMILES string of the molecule is COc1ccccc1C(=O)Nc1ccc(OC(=O)C2CCC3(CC2)NC(=O)NC3=O)cc1. The van der Waals surface area contributed by atoms with E-state index in [9.17, 15) is 19.2 Å². The molecule has 2 aliphatic rings. The molecular weight excluding hydrogens is 414 g/mol. The fraction of sp³-hybridized carbons (Fsp3) is 0.304. The van der Waals surface area contributed by atoms with Crippen molar-refractivity contribution in [1.29, 1.82) is 0 Å². The van der Waals surface area contributed by atoms with E-state index in [1.54, 1.807) is 48.5 Å². The van der Waals surface area contributed by atoms with Crippen molar-refractivity contribution < 1.29 is 28.7 Å². The Morgan fingerprint density at radius 3 is 2.34 bits per heavy atom. The van der Waals surface area contributed by atoms with Crippen LogP contribution in [0.4, 0.5) is 10.5 Å². The minimum Gasteiger partial charge on any atom is -0.496 e. The molecule has 32 heavy (non-hydrogen) atoms. The van der Waals surface area contributed by atoms with Crippen molar-refractivity contribution in [3.05, 3.63) is 54.1 Å². The van der Waals surface area contributed by atoms with E-state index in [0.29, 0.717) is 48.4 Å². The Morgan fingerprint density at radius 2 is 1.72 bits per heavy atom. The van der Waals surface area contributed by atoms with Crippen molar-refractivity contribution in [3.63, 3.8) is 0 Å². The first-order chi connectivity index (χ1) is 15.4. The third-order valence-electron chi connectivity index (χ3n) is 5.87. The summed E-state index contributed by atoms with van der Waals surface area (Å²) in [5.74, 6) is -0.547. The van der Waals surface area contributed by atoms with E-state index in [2.05, 4.69) is 16.0 Å².